The van der Waals surface area contributed by atoms with E-state index in [0.717, 1.165) is 5.56 Å². The smallest absolute Gasteiger partial charge is 0.325 e. The summed E-state index contributed by atoms with van der Waals surface area (Å²) in [5.41, 5.74) is 0.229. The largest absolute Gasteiger partial charge is 0.459 e. The van der Waals surface area contributed by atoms with Crippen molar-refractivity contribution < 1.29 is 23.9 Å². The van der Waals surface area contributed by atoms with Crippen LogP contribution in [0.25, 0.3) is 0 Å². The molecule has 1 atom stereocenters. The van der Waals surface area contributed by atoms with E-state index in [0.29, 0.717) is 0 Å². The van der Waals surface area contributed by atoms with Crippen LogP contribution in [0.15, 0.2) is 30.3 Å². The van der Waals surface area contributed by atoms with Gasteiger partial charge in [0.15, 0.2) is 6.10 Å². The Bertz CT molecular complexity index is 548. The van der Waals surface area contributed by atoms with Crippen LogP contribution < -0.4 is 5.32 Å². The number of ether oxygens (including phenoxy) is 2. The van der Waals surface area contributed by atoms with E-state index >= 15 is 0 Å². The van der Waals surface area contributed by atoms with Crippen LogP contribution in [0.1, 0.15) is 33.3 Å². The molecule has 0 fully saturated rings. The maximum Gasteiger partial charge on any atom is 0.325 e. The Kier molecular flexibility index (Phi) is 6.75. The van der Waals surface area contributed by atoms with Gasteiger partial charge in [0.25, 0.3) is 5.91 Å². The Morgan fingerprint density at radius 1 is 1.13 bits per heavy atom. The van der Waals surface area contributed by atoms with Crippen molar-refractivity contribution in [3.05, 3.63) is 35.9 Å². The first-order valence-electron chi connectivity index (χ1n) is 7.38. The molecule has 6 heteroatoms. The van der Waals surface area contributed by atoms with Crippen molar-refractivity contribution in [3.63, 3.8) is 0 Å². The second kappa shape index (κ2) is 8.31. The minimum Gasteiger partial charge on any atom is -0.459 e. The Morgan fingerprint density at radius 2 is 1.74 bits per heavy atom. The second-order valence-electron chi connectivity index (χ2n) is 6.09. The van der Waals surface area contributed by atoms with E-state index in [9.17, 15) is 14.4 Å². The normalized spacial score (nSPS) is 12.2. The van der Waals surface area contributed by atoms with E-state index in [-0.39, 0.29) is 13.0 Å². The van der Waals surface area contributed by atoms with E-state index in [1.165, 1.54) is 6.92 Å². The third-order valence-electron chi connectivity index (χ3n) is 2.69. The summed E-state index contributed by atoms with van der Waals surface area (Å²) in [6.07, 6.45) is -0.752. The molecule has 0 unspecified atom stereocenters. The Morgan fingerprint density at radius 3 is 2.26 bits per heavy atom. The average molecular weight is 321 g/mol. The highest BCUT2D eigenvalue weighted by Gasteiger charge is 2.23. The minimum absolute atomic E-state index is 0.237. The molecule has 0 aliphatic heterocycles. The van der Waals surface area contributed by atoms with Crippen molar-refractivity contribution >= 4 is 17.8 Å². The van der Waals surface area contributed by atoms with Crippen molar-refractivity contribution in [1.29, 1.82) is 0 Å². The third kappa shape index (κ3) is 7.99. The number of carbonyl (C=O) groups excluding carboxylic acids is 3. The Hall–Kier alpha value is -2.37. The molecule has 1 amide bonds. The molecule has 0 aromatic heterocycles. The molecule has 0 saturated heterocycles. The van der Waals surface area contributed by atoms with E-state index < -0.39 is 29.6 Å². The minimum atomic E-state index is -0.989. The molecule has 0 heterocycles. The molecule has 126 valence electrons. The number of hydrogen-bond acceptors (Lipinski definition) is 5. The lowest BCUT2D eigenvalue weighted by Crippen LogP contribution is -2.42. The molecule has 0 saturated carbocycles. The lowest BCUT2D eigenvalue weighted by Gasteiger charge is -2.20. The summed E-state index contributed by atoms with van der Waals surface area (Å²) >= 11 is 0. The van der Waals surface area contributed by atoms with Crippen LogP contribution in [0.4, 0.5) is 0 Å². The molecule has 6 nitrogen and oxygen atoms in total. The van der Waals surface area contributed by atoms with Crippen molar-refractivity contribution in [2.75, 3.05) is 6.54 Å². The third-order valence-corrected chi connectivity index (χ3v) is 2.69. The van der Waals surface area contributed by atoms with Gasteiger partial charge in [-0.1, -0.05) is 30.3 Å². The summed E-state index contributed by atoms with van der Waals surface area (Å²) in [7, 11) is 0. The molecular weight excluding hydrogens is 298 g/mol. The molecule has 0 radical (unpaired) electrons. The van der Waals surface area contributed by atoms with Gasteiger partial charge in [-0.2, -0.15) is 0 Å². The van der Waals surface area contributed by atoms with E-state index in [4.69, 9.17) is 9.47 Å². The highest BCUT2D eigenvalue weighted by Crippen LogP contribution is 2.08. The van der Waals surface area contributed by atoms with Gasteiger partial charge in [-0.15, -0.1) is 0 Å². The number of nitrogens with one attached hydrogen (secondary N) is 1. The van der Waals surface area contributed by atoms with Gasteiger partial charge in [0.05, 0.1) is 0 Å². The second-order valence-corrected chi connectivity index (χ2v) is 6.09. The van der Waals surface area contributed by atoms with Gasteiger partial charge in [-0.3, -0.25) is 14.4 Å². The lowest BCUT2D eigenvalue weighted by atomic mass is 10.1. The average Bonchev–Trinajstić information content (AvgIpc) is 2.43. The fraction of sp³-hybridized carbons (Fsp3) is 0.471. The van der Waals surface area contributed by atoms with Crippen LogP contribution in [0, 0.1) is 0 Å². The zero-order valence-corrected chi connectivity index (χ0v) is 13.9. The van der Waals surface area contributed by atoms with Gasteiger partial charge in [0, 0.05) is 13.3 Å². The van der Waals surface area contributed by atoms with Gasteiger partial charge >= 0.3 is 11.9 Å². The molecule has 1 aromatic rings. The summed E-state index contributed by atoms with van der Waals surface area (Å²) < 4.78 is 10.2. The van der Waals surface area contributed by atoms with Crippen LogP contribution in [0.5, 0.6) is 0 Å². The van der Waals surface area contributed by atoms with Crippen LogP contribution in [-0.2, 0) is 30.3 Å². The summed E-state index contributed by atoms with van der Waals surface area (Å²) in [6.45, 7) is 6.18. The fourth-order valence-electron chi connectivity index (χ4n) is 1.87. The highest BCUT2D eigenvalue weighted by molar-refractivity contribution is 5.86. The predicted octanol–water partition coefficient (Wildman–Crippen LogP) is 1.62. The first-order valence-corrected chi connectivity index (χ1v) is 7.38. The molecule has 1 N–H and O–H groups in total. The molecule has 0 bridgehead atoms. The number of amides is 1. The molecule has 0 aliphatic rings. The number of rotatable bonds is 6. The van der Waals surface area contributed by atoms with Crippen LogP contribution in [0.2, 0.25) is 0 Å². The molecule has 1 aromatic carbocycles. The Balaban J connectivity index is 2.62. The fourth-order valence-corrected chi connectivity index (χ4v) is 1.87. The maximum absolute atomic E-state index is 12.2. The van der Waals surface area contributed by atoms with Gasteiger partial charge in [0.1, 0.15) is 12.1 Å². The summed E-state index contributed by atoms with van der Waals surface area (Å²) in [5.74, 6) is -1.64. The van der Waals surface area contributed by atoms with Gasteiger partial charge in [0.2, 0.25) is 0 Å². The molecular formula is C17H23NO5. The summed E-state index contributed by atoms with van der Waals surface area (Å²) in [5, 5.41) is 2.44. The van der Waals surface area contributed by atoms with Gasteiger partial charge in [-0.05, 0) is 26.3 Å². The molecule has 0 aliphatic carbocycles. The van der Waals surface area contributed by atoms with Gasteiger partial charge < -0.3 is 14.8 Å². The Labute approximate surface area is 136 Å². The monoisotopic (exact) mass is 321 g/mol. The van der Waals surface area contributed by atoms with Gasteiger partial charge in [-0.25, -0.2) is 0 Å². The standard InChI is InChI=1S/C17H23NO5/c1-12(19)22-14(10-13-8-6-5-7-9-13)16(21)18-11-15(20)23-17(2,3)4/h5-9,14H,10-11H2,1-4H3,(H,18,21)/t14-/m1/s1. The molecule has 0 spiro atoms. The van der Waals surface area contributed by atoms with E-state index in [1.807, 2.05) is 30.3 Å². The van der Waals surface area contributed by atoms with Crippen molar-refractivity contribution in [2.45, 2.75) is 45.8 Å². The van der Waals surface area contributed by atoms with E-state index in [2.05, 4.69) is 5.32 Å². The molecule has 23 heavy (non-hydrogen) atoms. The van der Waals surface area contributed by atoms with Crippen molar-refractivity contribution in [1.82, 2.24) is 5.32 Å². The number of carbonyl (C=O) groups is 3. The van der Waals surface area contributed by atoms with Crippen LogP contribution >= 0.6 is 0 Å². The quantitative estimate of drug-likeness (QED) is 0.805. The van der Waals surface area contributed by atoms with Crippen LogP contribution in [-0.4, -0.2) is 36.1 Å². The zero-order chi connectivity index (χ0) is 17.5. The topological polar surface area (TPSA) is 81.7 Å². The number of benzene rings is 1. The number of hydrogen-bond donors (Lipinski definition) is 1. The maximum atomic E-state index is 12.2. The first kappa shape index (κ1) is 18.7. The summed E-state index contributed by atoms with van der Waals surface area (Å²) in [6, 6.07) is 9.18. The van der Waals surface area contributed by atoms with E-state index in [1.54, 1.807) is 20.8 Å². The SMILES string of the molecule is CC(=O)O[C@H](Cc1ccccc1)C(=O)NCC(=O)OC(C)(C)C. The van der Waals surface area contributed by atoms with Crippen molar-refractivity contribution in [3.8, 4) is 0 Å². The lowest BCUT2D eigenvalue weighted by molar-refractivity contribution is -0.157. The molecule has 1 rings (SSSR count). The van der Waals surface area contributed by atoms with Crippen LogP contribution in [0.3, 0.4) is 0 Å². The number of esters is 2. The highest BCUT2D eigenvalue weighted by atomic mass is 16.6. The zero-order valence-electron chi connectivity index (χ0n) is 13.9. The summed E-state index contributed by atoms with van der Waals surface area (Å²) in [4.78, 5) is 35.0. The van der Waals surface area contributed by atoms with Crippen molar-refractivity contribution in [2.24, 2.45) is 0 Å². The first-order chi connectivity index (χ1) is 10.7. The predicted molar refractivity (Wildman–Crippen MR) is 84.6 cm³/mol.